The summed E-state index contributed by atoms with van der Waals surface area (Å²) >= 11 is 0. The Labute approximate surface area is 195 Å². The highest BCUT2D eigenvalue weighted by atomic mass is 16.2. The molecule has 2 aliphatic heterocycles. The Bertz CT molecular complexity index is 1210. The molecule has 0 aromatic heterocycles. The Kier molecular flexibility index (Phi) is 5.02. The van der Waals surface area contributed by atoms with Crippen LogP contribution in [0.5, 0.6) is 0 Å². The number of para-hydroxylation sites is 1. The SMILES string of the molecule is CNCC1(NC)C(=O)N(C2CCN(C3Cc4cccc5cccc3c45)CC2)c2ccccc21. The number of anilines is 1. The summed E-state index contributed by atoms with van der Waals surface area (Å²) in [5.74, 6) is 0.178. The highest BCUT2D eigenvalue weighted by Gasteiger charge is 2.51. The van der Waals surface area contributed by atoms with Gasteiger partial charge in [0.25, 0.3) is 5.91 Å². The number of rotatable bonds is 5. The third-order valence-corrected chi connectivity index (χ3v) is 8.18. The molecule has 3 aromatic carbocycles. The second kappa shape index (κ2) is 7.94. The molecular formula is C28H32N4O. The van der Waals surface area contributed by atoms with E-state index in [1.165, 1.54) is 21.9 Å². The second-order valence-electron chi connectivity index (χ2n) is 9.73. The van der Waals surface area contributed by atoms with Crippen LogP contribution in [0.15, 0.2) is 60.7 Å². The smallest absolute Gasteiger partial charge is 0.253 e. The molecule has 2 heterocycles. The Morgan fingerprint density at radius 2 is 1.73 bits per heavy atom. The van der Waals surface area contributed by atoms with Gasteiger partial charge < -0.3 is 15.5 Å². The molecule has 5 nitrogen and oxygen atoms in total. The molecule has 1 amide bonds. The molecule has 0 saturated carbocycles. The highest BCUT2D eigenvalue weighted by molar-refractivity contribution is 6.08. The van der Waals surface area contributed by atoms with Crippen molar-refractivity contribution in [2.75, 3.05) is 38.6 Å². The van der Waals surface area contributed by atoms with E-state index in [0.717, 1.165) is 43.6 Å². The van der Waals surface area contributed by atoms with Crippen LogP contribution in [0.25, 0.3) is 10.8 Å². The fourth-order valence-corrected chi connectivity index (χ4v) is 6.60. The molecule has 0 spiro atoms. The van der Waals surface area contributed by atoms with Crippen molar-refractivity contribution in [1.82, 2.24) is 15.5 Å². The Hall–Kier alpha value is -2.73. The largest absolute Gasteiger partial charge is 0.317 e. The minimum atomic E-state index is -0.689. The van der Waals surface area contributed by atoms with E-state index in [4.69, 9.17) is 0 Å². The topological polar surface area (TPSA) is 47.6 Å². The molecule has 33 heavy (non-hydrogen) atoms. The molecule has 2 N–H and O–H groups in total. The lowest BCUT2D eigenvalue weighted by atomic mass is 9.91. The third-order valence-electron chi connectivity index (χ3n) is 8.18. The van der Waals surface area contributed by atoms with Gasteiger partial charge in [-0.15, -0.1) is 0 Å². The molecule has 6 rings (SSSR count). The van der Waals surface area contributed by atoms with Crippen molar-refractivity contribution in [2.24, 2.45) is 0 Å². The van der Waals surface area contributed by atoms with Gasteiger partial charge in [-0.3, -0.25) is 9.69 Å². The fraction of sp³-hybridized carbons (Fsp3) is 0.393. The predicted octanol–water partition coefficient (Wildman–Crippen LogP) is 3.58. The number of likely N-dealkylation sites (N-methyl/N-ethyl adjacent to an activating group) is 2. The van der Waals surface area contributed by atoms with E-state index < -0.39 is 5.54 Å². The lowest BCUT2D eigenvalue weighted by Gasteiger charge is -2.40. The van der Waals surface area contributed by atoms with Crippen LogP contribution in [0.3, 0.4) is 0 Å². The summed E-state index contributed by atoms with van der Waals surface area (Å²) in [6, 6.07) is 22.4. The lowest BCUT2D eigenvalue weighted by Crippen LogP contribution is -2.57. The molecular weight excluding hydrogens is 408 g/mol. The van der Waals surface area contributed by atoms with Gasteiger partial charge in [-0.1, -0.05) is 54.6 Å². The second-order valence-corrected chi connectivity index (χ2v) is 9.73. The molecule has 2 unspecified atom stereocenters. The quantitative estimate of drug-likeness (QED) is 0.637. The predicted molar refractivity (Wildman–Crippen MR) is 134 cm³/mol. The first-order valence-corrected chi connectivity index (χ1v) is 12.2. The van der Waals surface area contributed by atoms with Crippen molar-refractivity contribution in [3.63, 3.8) is 0 Å². The summed E-state index contributed by atoms with van der Waals surface area (Å²) in [4.78, 5) is 18.6. The fourth-order valence-electron chi connectivity index (χ4n) is 6.60. The molecule has 0 bridgehead atoms. The van der Waals surface area contributed by atoms with Crippen molar-refractivity contribution in [3.05, 3.63) is 77.4 Å². The zero-order valence-corrected chi connectivity index (χ0v) is 19.5. The molecule has 3 aliphatic rings. The van der Waals surface area contributed by atoms with E-state index >= 15 is 0 Å². The Balaban J connectivity index is 1.24. The average Bonchev–Trinajstić information content (AvgIpc) is 3.35. The molecule has 1 aliphatic carbocycles. The number of fused-ring (bicyclic) bond motifs is 1. The van der Waals surface area contributed by atoms with Crippen LogP contribution in [0.1, 0.15) is 35.6 Å². The van der Waals surface area contributed by atoms with Crippen molar-refractivity contribution in [1.29, 1.82) is 0 Å². The number of carbonyl (C=O) groups excluding carboxylic acids is 1. The first-order valence-electron chi connectivity index (χ1n) is 12.2. The minimum absolute atomic E-state index is 0.178. The van der Waals surface area contributed by atoms with E-state index in [1.54, 1.807) is 0 Å². The number of amides is 1. The first-order chi connectivity index (χ1) is 16.2. The molecule has 170 valence electrons. The van der Waals surface area contributed by atoms with E-state index in [2.05, 4.69) is 75.0 Å². The van der Waals surface area contributed by atoms with Crippen LogP contribution in [0, 0.1) is 0 Å². The number of hydrogen-bond acceptors (Lipinski definition) is 4. The monoisotopic (exact) mass is 440 g/mol. The van der Waals surface area contributed by atoms with Crippen LogP contribution in [-0.4, -0.2) is 50.6 Å². The lowest BCUT2D eigenvalue weighted by molar-refractivity contribution is -0.124. The van der Waals surface area contributed by atoms with Gasteiger partial charge in [-0.05, 0) is 61.3 Å². The number of nitrogens with one attached hydrogen (secondary N) is 2. The van der Waals surface area contributed by atoms with E-state index in [-0.39, 0.29) is 11.9 Å². The maximum Gasteiger partial charge on any atom is 0.253 e. The van der Waals surface area contributed by atoms with Gasteiger partial charge in [-0.2, -0.15) is 0 Å². The van der Waals surface area contributed by atoms with Crippen molar-refractivity contribution >= 4 is 22.4 Å². The number of carbonyl (C=O) groups is 1. The summed E-state index contributed by atoms with van der Waals surface area (Å²) in [5.41, 5.74) is 4.43. The average molecular weight is 441 g/mol. The number of piperidine rings is 1. The van der Waals surface area contributed by atoms with Crippen molar-refractivity contribution in [3.8, 4) is 0 Å². The van der Waals surface area contributed by atoms with Gasteiger partial charge in [0.2, 0.25) is 0 Å². The summed E-state index contributed by atoms with van der Waals surface area (Å²) in [5, 5.41) is 9.42. The highest BCUT2D eigenvalue weighted by Crippen LogP contribution is 2.44. The molecule has 5 heteroatoms. The normalized spacial score (nSPS) is 25.2. The third kappa shape index (κ3) is 2.99. The van der Waals surface area contributed by atoms with Gasteiger partial charge in [0, 0.05) is 43.0 Å². The summed E-state index contributed by atoms with van der Waals surface area (Å²) < 4.78 is 0. The zero-order chi connectivity index (χ0) is 22.6. The van der Waals surface area contributed by atoms with E-state index in [9.17, 15) is 4.79 Å². The van der Waals surface area contributed by atoms with E-state index in [0.29, 0.717) is 12.6 Å². The molecule has 2 atom stereocenters. The molecule has 1 fully saturated rings. The minimum Gasteiger partial charge on any atom is -0.317 e. The maximum absolute atomic E-state index is 13.8. The van der Waals surface area contributed by atoms with Crippen LogP contribution < -0.4 is 15.5 Å². The number of likely N-dealkylation sites (tertiary alicyclic amines) is 1. The summed E-state index contributed by atoms with van der Waals surface area (Å²) in [6.45, 7) is 2.62. The van der Waals surface area contributed by atoms with Crippen molar-refractivity contribution in [2.45, 2.75) is 36.9 Å². The number of nitrogens with zero attached hydrogens (tertiary/aromatic N) is 2. The molecule has 0 radical (unpaired) electrons. The van der Waals surface area contributed by atoms with Gasteiger partial charge in [-0.25, -0.2) is 0 Å². The van der Waals surface area contributed by atoms with E-state index in [1.807, 2.05) is 20.2 Å². The Morgan fingerprint density at radius 3 is 2.48 bits per heavy atom. The summed E-state index contributed by atoms with van der Waals surface area (Å²) in [6.07, 6.45) is 3.10. The van der Waals surface area contributed by atoms with Crippen LogP contribution in [0.4, 0.5) is 5.69 Å². The van der Waals surface area contributed by atoms with Crippen LogP contribution >= 0.6 is 0 Å². The summed E-state index contributed by atoms with van der Waals surface area (Å²) in [7, 11) is 3.81. The number of benzene rings is 3. The molecule has 3 aromatic rings. The zero-order valence-electron chi connectivity index (χ0n) is 19.5. The van der Waals surface area contributed by atoms with Crippen LogP contribution in [-0.2, 0) is 16.8 Å². The van der Waals surface area contributed by atoms with Gasteiger partial charge in [0.05, 0.1) is 0 Å². The van der Waals surface area contributed by atoms with Crippen molar-refractivity contribution < 1.29 is 4.79 Å². The van der Waals surface area contributed by atoms with Crippen LogP contribution in [0.2, 0.25) is 0 Å². The molecule has 1 saturated heterocycles. The van der Waals surface area contributed by atoms with Gasteiger partial charge in [0.1, 0.15) is 5.54 Å². The Morgan fingerprint density at radius 1 is 0.970 bits per heavy atom. The maximum atomic E-state index is 13.8. The van der Waals surface area contributed by atoms with Gasteiger partial charge in [0.15, 0.2) is 0 Å². The first kappa shape index (κ1) is 20.8. The standard InChI is InChI=1S/C28H32N4O/c1-29-18-28(30-2)23-11-3-4-12-24(23)32(27(28)33)21-13-15-31(16-14-21)25-17-20-9-5-7-19-8-6-10-22(25)26(19)20/h3-12,21,25,29-30H,13-18H2,1-2H3. The number of hydrogen-bond donors (Lipinski definition) is 2. The van der Waals surface area contributed by atoms with Gasteiger partial charge >= 0.3 is 0 Å².